The minimum Gasteiger partial charge on any atom is -0.397 e. The number of hydrogen-bond donors (Lipinski definition) is 2. The highest BCUT2D eigenvalue weighted by atomic mass is 35.5. The number of pyridine rings is 1. The number of carbonyl (C=O) groups is 2. The number of nitrogens with two attached hydrogens (primary N) is 1. The monoisotopic (exact) mass is 296 g/mol. The summed E-state index contributed by atoms with van der Waals surface area (Å²) in [6.45, 7) is 3.11. The molecule has 0 radical (unpaired) electrons. The number of halogens is 1. The quantitative estimate of drug-likeness (QED) is 0.813. The summed E-state index contributed by atoms with van der Waals surface area (Å²) in [5, 5.41) is 3.03. The summed E-state index contributed by atoms with van der Waals surface area (Å²) in [6.07, 6.45) is 2.83. The SMILES string of the molecule is CC(CN1CCCC1=O)NC(=O)c1cc(Cl)ncc1N. The molecule has 0 bridgehead atoms. The van der Waals surface area contributed by atoms with Crippen LogP contribution < -0.4 is 11.1 Å². The van der Waals surface area contributed by atoms with Gasteiger partial charge in [0.15, 0.2) is 0 Å². The molecular formula is C13H17ClN4O2. The first-order valence-corrected chi connectivity index (χ1v) is 6.85. The third-order valence-electron chi connectivity index (χ3n) is 3.19. The van der Waals surface area contributed by atoms with Crippen molar-refractivity contribution in [2.45, 2.75) is 25.8 Å². The molecule has 1 aromatic rings. The number of aromatic nitrogens is 1. The van der Waals surface area contributed by atoms with Gasteiger partial charge in [-0.3, -0.25) is 9.59 Å². The average Bonchev–Trinajstić information content (AvgIpc) is 2.77. The van der Waals surface area contributed by atoms with Gasteiger partial charge in [0.1, 0.15) is 5.15 Å². The number of nitrogens with one attached hydrogen (secondary N) is 1. The first kappa shape index (κ1) is 14.6. The van der Waals surface area contributed by atoms with Crippen LogP contribution in [-0.2, 0) is 4.79 Å². The van der Waals surface area contributed by atoms with E-state index in [-0.39, 0.29) is 28.7 Å². The van der Waals surface area contributed by atoms with Gasteiger partial charge in [-0.1, -0.05) is 11.6 Å². The normalized spacial score (nSPS) is 16.3. The van der Waals surface area contributed by atoms with Crippen molar-refractivity contribution >= 4 is 29.1 Å². The zero-order valence-corrected chi connectivity index (χ0v) is 12.0. The van der Waals surface area contributed by atoms with E-state index in [1.54, 1.807) is 4.90 Å². The fourth-order valence-corrected chi connectivity index (χ4v) is 2.37. The topological polar surface area (TPSA) is 88.3 Å². The molecule has 1 aliphatic rings. The van der Waals surface area contributed by atoms with Crippen molar-refractivity contribution in [3.05, 3.63) is 23.0 Å². The lowest BCUT2D eigenvalue weighted by Crippen LogP contribution is -2.42. The number of carbonyl (C=O) groups excluding carboxylic acids is 2. The molecule has 0 saturated carbocycles. The second-order valence-corrected chi connectivity index (χ2v) is 5.30. The lowest BCUT2D eigenvalue weighted by Gasteiger charge is -2.21. The molecule has 1 aliphatic heterocycles. The van der Waals surface area contributed by atoms with E-state index in [0.29, 0.717) is 18.5 Å². The van der Waals surface area contributed by atoms with Crippen LogP contribution >= 0.6 is 11.6 Å². The molecule has 108 valence electrons. The van der Waals surface area contributed by atoms with Gasteiger partial charge in [0, 0.05) is 25.6 Å². The summed E-state index contributed by atoms with van der Waals surface area (Å²) in [6, 6.07) is 1.27. The van der Waals surface area contributed by atoms with Gasteiger partial charge in [0.05, 0.1) is 17.4 Å². The van der Waals surface area contributed by atoms with Crippen molar-refractivity contribution in [3.8, 4) is 0 Å². The van der Waals surface area contributed by atoms with Gasteiger partial charge in [-0.25, -0.2) is 4.98 Å². The Labute approximate surface area is 122 Å². The third-order valence-corrected chi connectivity index (χ3v) is 3.40. The smallest absolute Gasteiger partial charge is 0.253 e. The maximum Gasteiger partial charge on any atom is 0.253 e. The van der Waals surface area contributed by atoms with Crippen LogP contribution in [0, 0.1) is 0 Å². The average molecular weight is 297 g/mol. The largest absolute Gasteiger partial charge is 0.397 e. The van der Waals surface area contributed by atoms with Crippen LogP contribution in [0.4, 0.5) is 5.69 Å². The maximum absolute atomic E-state index is 12.1. The second-order valence-electron chi connectivity index (χ2n) is 4.91. The fourth-order valence-electron chi connectivity index (χ4n) is 2.21. The number of anilines is 1. The van der Waals surface area contributed by atoms with E-state index in [1.165, 1.54) is 12.3 Å². The van der Waals surface area contributed by atoms with E-state index in [1.807, 2.05) is 6.92 Å². The van der Waals surface area contributed by atoms with Gasteiger partial charge >= 0.3 is 0 Å². The highest BCUT2D eigenvalue weighted by Gasteiger charge is 2.23. The molecule has 0 aromatic carbocycles. The summed E-state index contributed by atoms with van der Waals surface area (Å²) in [4.78, 5) is 29.2. The third kappa shape index (κ3) is 3.39. The van der Waals surface area contributed by atoms with Gasteiger partial charge in [0.2, 0.25) is 5.91 Å². The Bertz CT molecular complexity index is 535. The van der Waals surface area contributed by atoms with Crippen LogP contribution in [0.5, 0.6) is 0 Å². The molecule has 6 nitrogen and oxygen atoms in total. The summed E-state index contributed by atoms with van der Waals surface area (Å²) in [7, 11) is 0. The number of hydrogen-bond acceptors (Lipinski definition) is 4. The first-order valence-electron chi connectivity index (χ1n) is 6.47. The van der Waals surface area contributed by atoms with Crippen LogP contribution in [0.15, 0.2) is 12.3 Å². The van der Waals surface area contributed by atoms with Crippen LogP contribution in [-0.4, -0.2) is 40.8 Å². The van der Waals surface area contributed by atoms with Gasteiger partial charge in [0.25, 0.3) is 5.91 Å². The van der Waals surface area contributed by atoms with E-state index < -0.39 is 0 Å². The summed E-state index contributed by atoms with van der Waals surface area (Å²) in [5.41, 5.74) is 6.28. The molecule has 2 rings (SSSR count). The summed E-state index contributed by atoms with van der Waals surface area (Å²) in [5.74, 6) is -0.177. The van der Waals surface area contributed by atoms with E-state index in [9.17, 15) is 9.59 Å². The molecule has 1 saturated heterocycles. The van der Waals surface area contributed by atoms with Crippen LogP contribution in [0.25, 0.3) is 0 Å². The van der Waals surface area contributed by atoms with Crippen molar-refractivity contribution in [2.75, 3.05) is 18.8 Å². The lowest BCUT2D eigenvalue weighted by atomic mass is 10.2. The molecule has 1 unspecified atom stereocenters. The Kier molecular flexibility index (Phi) is 4.44. The summed E-state index contributed by atoms with van der Waals surface area (Å²) < 4.78 is 0. The molecule has 20 heavy (non-hydrogen) atoms. The molecule has 0 spiro atoms. The number of amides is 2. The highest BCUT2D eigenvalue weighted by molar-refractivity contribution is 6.29. The summed E-state index contributed by atoms with van der Waals surface area (Å²) >= 11 is 5.75. The molecule has 7 heteroatoms. The highest BCUT2D eigenvalue weighted by Crippen LogP contribution is 2.15. The van der Waals surface area contributed by atoms with E-state index in [0.717, 1.165) is 13.0 Å². The van der Waals surface area contributed by atoms with Gasteiger partial charge in [-0.05, 0) is 19.4 Å². The molecular weight excluding hydrogens is 280 g/mol. The fraction of sp³-hybridized carbons (Fsp3) is 0.462. The van der Waals surface area contributed by atoms with Crippen LogP contribution in [0.3, 0.4) is 0 Å². The molecule has 1 aromatic heterocycles. The van der Waals surface area contributed by atoms with Crippen LogP contribution in [0.2, 0.25) is 5.15 Å². The Morgan fingerprint density at radius 1 is 1.65 bits per heavy atom. The van der Waals surface area contributed by atoms with Crippen LogP contribution in [0.1, 0.15) is 30.1 Å². The number of rotatable bonds is 4. The number of likely N-dealkylation sites (tertiary alicyclic amines) is 1. The Morgan fingerprint density at radius 2 is 2.40 bits per heavy atom. The van der Waals surface area contributed by atoms with E-state index in [2.05, 4.69) is 10.3 Å². The maximum atomic E-state index is 12.1. The zero-order valence-electron chi connectivity index (χ0n) is 11.2. The Balaban J connectivity index is 1.96. The van der Waals surface area contributed by atoms with Crippen molar-refractivity contribution in [2.24, 2.45) is 0 Å². The zero-order chi connectivity index (χ0) is 14.7. The molecule has 1 fully saturated rings. The van der Waals surface area contributed by atoms with Crippen molar-refractivity contribution in [1.29, 1.82) is 0 Å². The van der Waals surface area contributed by atoms with Gasteiger partial charge in [-0.15, -0.1) is 0 Å². The van der Waals surface area contributed by atoms with E-state index in [4.69, 9.17) is 17.3 Å². The van der Waals surface area contributed by atoms with Crippen molar-refractivity contribution < 1.29 is 9.59 Å². The first-order chi connectivity index (χ1) is 9.47. The van der Waals surface area contributed by atoms with Crippen molar-refractivity contribution in [1.82, 2.24) is 15.2 Å². The lowest BCUT2D eigenvalue weighted by molar-refractivity contribution is -0.127. The molecule has 1 atom stereocenters. The van der Waals surface area contributed by atoms with Crippen molar-refractivity contribution in [3.63, 3.8) is 0 Å². The molecule has 0 aliphatic carbocycles. The van der Waals surface area contributed by atoms with Gasteiger partial charge in [-0.2, -0.15) is 0 Å². The number of nitrogens with zero attached hydrogens (tertiary/aromatic N) is 2. The second kappa shape index (κ2) is 6.09. The molecule has 3 N–H and O–H groups in total. The number of nitrogen functional groups attached to an aromatic ring is 1. The predicted octanol–water partition coefficient (Wildman–Crippen LogP) is 1.06. The minimum absolute atomic E-state index is 0.137. The predicted molar refractivity (Wildman–Crippen MR) is 76.4 cm³/mol. The minimum atomic E-state index is -0.314. The van der Waals surface area contributed by atoms with Gasteiger partial charge < -0.3 is 16.0 Å². The standard InChI is InChI=1S/C13H17ClN4O2/c1-8(7-18-4-2-3-12(18)19)17-13(20)9-5-11(14)16-6-10(9)15/h5-6,8H,2-4,7,15H2,1H3,(H,17,20). The molecule has 2 heterocycles. The Morgan fingerprint density at radius 3 is 3.05 bits per heavy atom. The van der Waals surface area contributed by atoms with E-state index >= 15 is 0 Å². The Hall–Kier alpha value is -1.82. The molecule has 2 amide bonds.